The number of rotatable bonds is 5. The second-order valence-corrected chi connectivity index (χ2v) is 9.39. The molecule has 1 heterocycles. The molecule has 158 valence electrons. The molecule has 6 heteroatoms. The Bertz CT molecular complexity index is 1220. The van der Waals surface area contributed by atoms with Crippen LogP contribution in [0.1, 0.15) is 24.5 Å². The monoisotopic (exact) mass is 432 g/mol. The first-order valence-corrected chi connectivity index (χ1v) is 11.6. The van der Waals surface area contributed by atoms with Crippen LogP contribution < -0.4 is 9.62 Å². The van der Waals surface area contributed by atoms with Crippen LogP contribution in [0.5, 0.6) is 0 Å². The fourth-order valence-corrected chi connectivity index (χ4v) is 5.22. The molecule has 0 atom stereocenters. The van der Waals surface area contributed by atoms with Crippen molar-refractivity contribution in [3.63, 3.8) is 0 Å². The molecule has 0 fully saturated rings. The summed E-state index contributed by atoms with van der Waals surface area (Å²) in [6, 6.07) is 23.5. The topological polar surface area (TPSA) is 66.5 Å². The van der Waals surface area contributed by atoms with Crippen molar-refractivity contribution in [2.24, 2.45) is 0 Å². The average Bonchev–Trinajstić information content (AvgIpc) is 2.79. The molecular weight excluding hydrogens is 408 g/mol. The van der Waals surface area contributed by atoms with E-state index in [4.69, 9.17) is 0 Å². The maximum atomic E-state index is 13.2. The Kier molecular flexibility index (Phi) is 5.91. The molecule has 0 unspecified atom stereocenters. The third kappa shape index (κ3) is 4.54. The molecule has 0 aliphatic carbocycles. The number of sulfonamides is 1. The van der Waals surface area contributed by atoms with E-state index in [1.807, 2.05) is 60.7 Å². The first kappa shape index (κ1) is 20.9. The van der Waals surface area contributed by atoms with E-state index in [9.17, 15) is 13.2 Å². The van der Waals surface area contributed by atoms with Crippen LogP contribution in [0.3, 0.4) is 0 Å². The number of anilines is 2. The van der Waals surface area contributed by atoms with Crippen molar-refractivity contribution in [1.82, 2.24) is 0 Å². The number of nitrogens with one attached hydrogen (secondary N) is 1. The maximum absolute atomic E-state index is 13.2. The number of amides is 1. The molecule has 31 heavy (non-hydrogen) atoms. The summed E-state index contributed by atoms with van der Waals surface area (Å²) in [5.74, 6) is -0.232. The van der Waals surface area contributed by atoms with Gasteiger partial charge in [-0.15, -0.1) is 0 Å². The highest BCUT2D eigenvalue weighted by Crippen LogP contribution is 2.32. The van der Waals surface area contributed by atoms with E-state index in [0.29, 0.717) is 17.8 Å². The largest absolute Gasteiger partial charge is 0.322 e. The van der Waals surface area contributed by atoms with Crippen molar-refractivity contribution >= 4 is 33.4 Å². The summed E-state index contributed by atoms with van der Waals surface area (Å²) in [5.41, 5.74) is 3.84. The van der Waals surface area contributed by atoms with Crippen LogP contribution in [0.4, 0.5) is 11.4 Å². The summed E-state index contributed by atoms with van der Waals surface area (Å²) in [7, 11) is -3.67. The van der Waals surface area contributed by atoms with Gasteiger partial charge in [0.15, 0.2) is 0 Å². The third-order valence-electron chi connectivity index (χ3n) is 5.31. The summed E-state index contributed by atoms with van der Waals surface area (Å²) in [5, 5.41) is 2.82. The van der Waals surface area contributed by atoms with Crippen molar-refractivity contribution in [3.8, 4) is 0 Å². The number of hydrogen-bond donors (Lipinski definition) is 1. The predicted octanol–water partition coefficient (Wildman–Crippen LogP) is 4.87. The highest BCUT2D eigenvalue weighted by molar-refractivity contribution is 7.92. The Hall–Kier alpha value is -3.38. The lowest BCUT2D eigenvalue weighted by Gasteiger charge is -2.30. The number of benzene rings is 3. The molecule has 1 aliphatic rings. The van der Waals surface area contributed by atoms with Gasteiger partial charge in [-0.25, -0.2) is 8.42 Å². The number of carbonyl (C=O) groups excluding carboxylic acids is 1. The molecule has 1 aliphatic heterocycles. The minimum Gasteiger partial charge on any atom is -0.322 e. The summed E-state index contributed by atoms with van der Waals surface area (Å²) >= 11 is 0. The summed E-state index contributed by atoms with van der Waals surface area (Å²) < 4.78 is 27.9. The Morgan fingerprint density at radius 1 is 0.935 bits per heavy atom. The van der Waals surface area contributed by atoms with Crippen molar-refractivity contribution in [2.45, 2.75) is 24.7 Å². The molecule has 3 aromatic rings. The van der Waals surface area contributed by atoms with Crippen LogP contribution in [-0.4, -0.2) is 20.9 Å². The molecule has 3 aromatic carbocycles. The van der Waals surface area contributed by atoms with E-state index in [0.717, 1.165) is 29.7 Å². The number of aryl methyl sites for hydroxylation is 1. The quantitative estimate of drug-likeness (QED) is 0.585. The maximum Gasteiger partial charge on any atom is 0.264 e. The normalized spacial score (nSPS) is 14.1. The van der Waals surface area contributed by atoms with Crippen molar-refractivity contribution in [1.29, 1.82) is 0 Å². The second kappa shape index (κ2) is 8.78. The second-order valence-electron chi connectivity index (χ2n) is 7.53. The fraction of sp³-hybridized carbons (Fsp3) is 0.160. The smallest absolute Gasteiger partial charge is 0.264 e. The Morgan fingerprint density at radius 2 is 1.61 bits per heavy atom. The Labute approximate surface area is 183 Å². The van der Waals surface area contributed by atoms with Gasteiger partial charge in [0, 0.05) is 17.8 Å². The van der Waals surface area contributed by atoms with Crippen LogP contribution in [0.25, 0.3) is 6.08 Å². The predicted molar refractivity (Wildman–Crippen MR) is 124 cm³/mol. The van der Waals surface area contributed by atoms with Gasteiger partial charge in [0.2, 0.25) is 0 Å². The van der Waals surface area contributed by atoms with Gasteiger partial charge in [-0.2, -0.15) is 0 Å². The molecule has 1 amide bonds. The van der Waals surface area contributed by atoms with Crippen LogP contribution >= 0.6 is 0 Å². The van der Waals surface area contributed by atoms with Gasteiger partial charge in [0.1, 0.15) is 0 Å². The zero-order chi connectivity index (χ0) is 21.8. The number of fused-ring (bicyclic) bond motifs is 1. The molecule has 1 N–H and O–H groups in total. The zero-order valence-electron chi connectivity index (χ0n) is 17.3. The number of carbonyl (C=O) groups is 1. The molecule has 0 spiro atoms. The summed E-state index contributed by atoms with van der Waals surface area (Å²) in [4.78, 5) is 12.7. The average molecular weight is 433 g/mol. The molecule has 0 saturated carbocycles. The van der Waals surface area contributed by atoms with E-state index in [1.165, 1.54) is 4.31 Å². The highest BCUT2D eigenvalue weighted by Gasteiger charge is 2.28. The lowest BCUT2D eigenvalue weighted by atomic mass is 10.0. The molecule has 0 bridgehead atoms. The van der Waals surface area contributed by atoms with E-state index in [1.54, 1.807) is 31.2 Å². The number of hydrogen-bond acceptors (Lipinski definition) is 3. The van der Waals surface area contributed by atoms with E-state index >= 15 is 0 Å². The molecule has 0 radical (unpaired) electrons. The van der Waals surface area contributed by atoms with Crippen molar-refractivity contribution in [2.75, 3.05) is 16.2 Å². The van der Waals surface area contributed by atoms with E-state index < -0.39 is 10.0 Å². The highest BCUT2D eigenvalue weighted by atomic mass is 32.2. The van der Waals surface area contributed by atoms with E-state index in [2.05, 4.69) is 5.32 Å². The van der Waals surface area contributed by atoms with Gasteiger partial charge < -0.3 is 5.32 Å². The molecule has 0 aromatic heterocycles. The first-order chi connectivity index (χ1) is 14.9. The number of para-hydroxylation sites is 1. The minimum atomic E-state index is -3.67. The number of nitrogens with zero attached hydrogens (tertiary/aromatic N) is 1. The van der Waals surface area contributed by atoms with Gasteiger partial charge in [-0.1, -0.05) is 48.5 Å². The van der Waals surface area contributed by atoms with Crippen LogP contribution in [0.2, 0.25) is 0 Å². The minimum absolute atomic E-state index is 0.207. The molecule has 0 saturated heterocycles. The Balaban J connectivity index is 1.51. The first-order valence-electron chi connectivity index (χ1n) is 10.2. The van der Waals surface area contributed by atoms with Crippen LogP contribution in [0.15, 0.2) is 89.3 Å². The van der Waals surface area contributed by atoms with Gasteiger partial charge in [-0.3, -0.25) is 9.10 Å². The third-order valence-corrected chi connectivity index (χ3v) is 7.14. The van der Waals surface area contributed by atoms with E-state index in [-0.39, 0.29) is 10.8 Å². The standard InChI is InChI=1S/C25H24N2O3S/c1-19(18-20-8-3-2-4-9-20)25(28)26-22-13-15-23(16-14-22)31(29,30)27-17-7-11-21-10-5-6-12-24(21)27/h2-6,8-10,12-16,18H,7,11,17H2,1H3,(H,26,28)/b19-18+. The lowest BCUT2D eigenvalue weighted by molar-refractivity contribution is -0.112. The molecule has 4 rings (SSSR count). The van der Waals surface area contributed by atoms with Gasteiger partial charge >= 0.3 is 0 Å². The molecular formula is C25H24N2O3S. The summed E-state index contributed by atoms with van der Waals surface area (Å²) in [6.45, 7) is 2.20. The van der Waals surface area contributed by atoms with Gasteiger partial charge in [-0.05, 0) is 67.3 Å². The fourth-order valence-electron chi connectivity index (χ4n) is 3.68. The van der Waals surface area contributed by atoms with Crippen LogP contribution in [0, 0.1) is 0 Å². The Morgan fingerprint density at radius 3 is 2.35 bits per heavy atom. The van der Waals surface area contributed by atoms with Gasteiger partial charge in [0.25, 0.3) is 15.9 Å². The zero-order valence-corrected chi connectivity index (χ0v) is 18.1. The molecule has 5 nitrogen and oxygen atoms in total. The van der Waals surface area contributed by atoms with Gasteiger partial charge in [0.05, 0.1) is 10.6 Å². The summed E-state index contributed by atoms with van der Waals surface area (Å²) in [6.07, 6.45) is 3.47. The lowest BCUT2D eigenvalue weighted by Crippen LogP contribution is -2.35. The van der Waals surface area contributed by atoms with Crippen molar-refractivity contribution < 1.29 is 13.2 Å². The van der Waals surface area contributed by atoms with Crippen LogP contribution in [-0.2, 0) is 21.2 Å². The van der Waals surface area contributed by atoms with Crippen molar-refractivity contribution in [3.05, 3.63) is 95.6 Å². The SMILES string of the molecule is C/C(=C\c1ccccc1)C(=O)Nc1ccc(S(=O)(=O)N2CCCc3ccccc32)cc1.